The Hall–Kier alpha value is -1.77. The first-order chi connectivity index (χ1) is 10.4. The Balaban J connectivity index is 1.57. The molecule has 0 radical (unpaired) electrons. The van der Waals surface area contributed by atoms with Crippen LogP contribution in [0.5, 0.6) is 0 Å². The van der Waals surface area contributed by atoms with E-state index in [0.717, 1.165) is 25.3 Å². The Morgan fingerprint density at radius 3 is 2.86 bits per heavy atom. The number of hydrogen-bond acceptors (Lipinski definition) is 1. The van der Waals surface area contributed by atoms with Gasteiger partial charge >= 0.3 is 0 Å². The second kappa shape index (κ2) is 6.79. The molecule has 0 amide bonds. The number of aryl methyl sites for hydroxylation is 1. The van der Waals surface area contributed by atoms with E-state index in [9.17, 15) is 0 Å². The highest BCUT2D eigenvalue weighted by Gasteiger charge is 2.20. The van der Waals surface area contributed by atoms with Crippen LogP contribution in [0.4, 0.5) is 0 Å². The molecule has 3 nitrogen and oxygen atoms in total. The van der Waals surface area contributed by atoms with Crippen molar-refractivity contribution in [2.24, 2.45) is 4.99 Å². The summed E-state index contributed by atoms with van der Waals surface area (Å²) in [5.41, 5.74) is 3.05. The van der Waals surface area contributed by atoms with E-state index in [-0.39, 0.29) is 0 Å². The zero-order valence-electron chi connectivity index (χ0n) is 12.8. The van der Waals surface area contributed by atoms with E-state index < -0.39 is 0 Å². The largest absolute Gasteiger partial charge is 0.356 e. The minimum absolute atomic E-state index is 0.509. The van der Waals surface area contributed by atoms with Gasteiger partial charge in [-0.05, 0) is 43.2 Å². The van der Waals surface area contributed by atoms with E-state index in [2.05, 4.69) is 52.0 Å². The number of nitrogens with one attached hydrogen (secondary N) is 2. The zero-order valence-corrected chi connectivity index (χ0v) is 12.8. The molecule has 0 bridgehead atoms. The molecule has 1 unspecified atom stereocenters. The second-order valence-corrected chi connectivity index (χ2v) is 6.03. The molecule has 1 atom stereocenters. The van der Waals surface area contributed by atoms with Crippen molar-refractivity contribution in [2.45, 2.75) is 44.1 Å². The number of fused-ring (bicyclic) bond motifs is 1. The molecule has 0 spiro atoms. The summed E-state index contributed by atoms with van der Waals surface area (Å²) in [5, 5.41) is 7.02. The summed E-state index contributed by atoms with van der Waals surface area (Å²) in [7, 11) is 1.85. The molecular formula is C18H25N3. The van der Waals surface area contributed by atoms with Crippen molar-refractivity contribution in [3.05, 3.63) is 47.5 Å². The predicted octanol–water partition coefficient (Wildman–Crippen LogP) is 2.99. The third-order valence-electron chi connectivity index (χ3n) is 4.58. The molecule has 3 heteroatoms. The maximum atomic E-state index is 4.36. The van der Waals surface area contributed by atoms with Crippen LogP contribution in [-0.2, 0) is 6.42 Å². The van der Waals surface area contributed by atoms with Crippen LogP contribution in [0, 0.1) is 0 Å². The van der Waals surface area contributed by atoms with Gasteiger partial charge in [0, 0.05) is 25.6 Å². The molecule has 1 aromatic carbocycles. The van der Waals surface area contributed by atoms with Gasteiger partial charge in [0.05, 0.1) is 0 Å². The van der Waals surface area contributed by atoms with E-state index in [0.29, 0.717) is 12.0 Å². The van der Waals surface area contributed by atoms with Crippen LogP contribution in [0.1, 0.15) is 42.7 Å². The van der Waals surface area contributed by atoms with Crippen LogP contribution in [0.2, 0.25) is 0 Å². The molecule has 1 aromatic rings. The number of guanidine groups is 1. The van der Waals surface area contributed by atoms with Crippen LogP contribution in [0.15, 0.2) is 41.4 Å². The first kappa shape index (κ1) is 14.2. The molecule has 0 saturated carbocycles. The van der Waals surface area contributed by atoms with Gasteiger partial charge in [-0.3, -0.25) is 4.99 Å². The van der Waals surface area contributed by atoms with E-state index in [4.69, 9.17) is 0 Å². The molecule has 0 fully saturated rings. The van der Waals surface area contributed by atoms with Gasteiger partial charge < -0.3 is 10.6 Å². The van der Waals surface area contributed by atoms with E-state index >= 15 is 0 Å². The molecule has 0 heterocycles. The predicted molar refractivity (Wildman–Crippen MR) is 88.8 cm³/mol. The fourth-order valence-corrected chi connectivity index (χ4v) is 3.41. The van der Waals surface area contributed by atoms with Crippen LogP contribution >= 0.6 is 0 Å². The Morgan fingerprint density at radius 1 is 1.24 bits per heavy atom. The van der Waals surface area contributed by atoms with Crippen molar-refractivity contribution < 1.29 is 0 Å². The maximum Gasteiger partial charge on any atom is 0.191 e. The van der Waals surface area contributed by atoms with Crippen molar-refractivity contribution in [2.75, 3.05) is 13.6 Å². The number of aliphatic imine (C=N–C) groups is 1. The molecule has 3 rings (SSSR count). The van der Waals surface area contributed by atoms with E-state index in [1.165, 1.54) is 30.4 Å². The van der Waals surface area contributed by atoms with Gasteiger partial charge in [-0.25, -0.2) is 0 Å². The maximum absolute atomic E-state index is 4.36. The van der Waals surface area contributed by atoms with Gasteiger partial charge in [0.1, 0.15) is 0 Å². The van der Waals surface area contributed by atoms with Crippen molar-refractivity contribution in [3.63, 3.8) is 0 Å². The molecular weight excluding hydrogens is 258 g/mol. The number of benzene rings is 1. The summed E-state index contributed by atoms with van der Waals surface area (Å²) in [4.78, 5) is 4.36. The number of rotatable bonds is 3. The Kier molecular flexibility index (Phi) is 4.59. The summed E-state index contributed by atoms with van der Waals surface area (Å²) < 4.78 is 0. The lowest BCUT2D eigenvalue weighted by Gasteiger charge is -2.27. The lowest BCUT2D eigenvalue weighted by Crippen LogP contribution is -2.44. The summed E-state index contributed by atoms with van der Waals surface area (Å²) in [6.07, 6.45) is 10.5. The van der Waals surface area contributed by atoms with Gasteiger partial charge in [-0.1, -0.05) is 36.4 Å². The van der Waals surface area contributed by atoms with Gasteiger partial charge in [-0.2, -0.15) is 0 Å². The topological polar surface area (TPSA) is 36.4 Å². The van der Waals surface area contributed by atoms with Crippen LogP contribution in [0.3, 0.4) is 0 Å². The second-order valence-electron chi connectivity index (χ2n) is 6.03. The smallest absolute Gasteiger partial charge is 0.191 e. The van der Waals surface area contributed by atoms with Crippen LogP contribution < -0.4 is 10.6 Å². The first-order valence-corrected chi connectivity index (χ1v) is 8.07. The third kappa shape index (κ3) is 3.46. The summed E-state index contributed by atoms with van der Waals surface area (Å²) in [6, 6.07) is 9.39. The molecule has 112 valence electrons. The van der Waals surface area contributed by atoms with Crippen molar-refractivity contribution >= 4 is 5.96 Å². The van der Waals surface area contributed by atoms with Gasteiger partial charge in [0.25, 0.3) is 0 Å². The van der Waals surface area contributed by atoms with Crippen molar-refractivity contribution in [1.29, 1.82) is 0 Å². The lowest BCUT2D eigenvalue weighted by molar-refractivity contribution is 0.535. The van der Waals surface area contributed by atoms with Crippen LogP contribution in [-0.4, -0.2) is 25.6 Å². The van der Waals surface area contributed by atoms with E-state index in [1.54, 1.807) is 0 Å². The molecule has 2 N–H and O–H groups in total. The normalized spacial score (nSPS) is 22.1. The number of hydrogen-bond donors (Lipinski definition) is 2. The number of nitrogens with zero attached hydrogens (tertiary/aromatic N) is 1. The lowest BCUT2D eigenvalue weighted by atomic mass is 9.83. The molecule has 0 aliphatic heterocycles. The highest BCUT2D eigenvalue weighted by atomic mass is 15.2. The fraction of sp³-hybridized carbons (Fsp3) is 0.500. The minimum atomic E-state index is 0.509. The van der Waals surface area contributed by atoms with Crippen molar-refractivity contribution in [1.82, 2.24) is 10.6 Å². The van der Waals surface area contributed by atoms with Gasteiger partial charge in [-0.15, -0.1) is 0 Å². The standard InChI is InChI=1S/C18H25N3/c1-19-18(21-16-10-3-4-11-16)20-13-15-9-6-8-14-7-2-5-12-17(14)15/h2-5,7,12,15-16H,6,8-11,13H2,1H3,(H2,19,20,21). The van der Waals surface area contributed by atoms with E-state index in [1.807, 2.05) is 7.05 Å². The van der Waals surface area contributed by atoms with Gasteiger partial charge in [0.2, 0.25) is 0 Å². The molecule has 21 heavy (non-hydrogen) atoms. The highest BCUT2D eigenvalue weighted by Crippen LogP contribution is 2.30. The monoisotopic (exact) mass is 283 g/mol. The molecule has 2 aliphatic carbocycles. The first-order valence-electron chi connectivity index (χ1n) is 8.07. The zero-order chi connectivity index (χ0) is 14.5. The fourth-order valence-electron chi connectivity index (χ4n) is 3.41. The molecule has 0 saturated heterocycles. The summed E-state index contributed by atoms with van der Waals surface area (Å²) in [5.74, 6) is 1.54. The summed E-state index contributed by atoms with van der Waals surface area (Å²) >= 11 is 0. The Labute approximate surface area is 127 Å². The minimum Gasteiger partial charge on any atom is -0.356 e. The third-order valence-corrected chi connectivity index (χ3v) is 4.58. The average Bonchev–Trinajstić information content (AvgIpc) is 3.04. The Bertz CT molecular complexity index is 525. The quantitative estimate of drug-likeness (QED) is 0.508. The summed E-state index contributed by atoms with van der Waals surface area (Å²) in [6.45, 7) is 0.969. The van der Waals surface area contributed by atoms with Gasteiger partial charge in [0.15, 0.2) is 5.96 Å². The average molecular weight is 283 g/mol. The van der Waals surface area contributed by atoms with Crippen LogP contribution in [0.25, 0.3) is 0 Å². The Morgan fingerprint density at radius 2 is 2.05 bits per heavy atom. The molecule has 2 aliphatic rings. The highest BCUT2D eigenvalue weighted by molar-refractivity contribution is 5.80. The molecule has 0 aromatic heterocycles. The SMILES string of the molecule is CN=C(NCC1CCCc2ccccc21)NC1CC=CC1. The van der Waals surface area contributed by atoms with Crippen molar-refractivity contribution in [3.8, 4) is 0 Å².